The summed E-state index contributed by atoms with van der Waals surface area (Å²) >= 11 is 0. The van der Waals surface area contributed by atoms with Crippen molar-refractivity contribution in [3.8, 4) is 0 Å². The number of aliphatic hydroxyl groups excluding tert-OH is 2. The van der Waals surface area contributed by atoms with Gasteiger partial charge >= 0.3 is 0 Å². The lowest BCUT2D eigenvalue weighted by molar-refractivity contribution is -0.143. The van der Waals surface area contributed by atoms with E-state index < -0.39 is 6.29 Å². The average Bonchev–Trinajstić information content (AvgIpc) is 3.09. The number of Topliss-reactive ketones (excluding diaryl/α,β-unsaturated/α-hetero) is 1. The molecule has 0 heterocycles. The van der Waals surface area contributed by atoms with Crippen molar-refractivity contribution in [3.05, 3.63) is 36.0 Å². The van der Waals surface area contributed by atoms with E-state index in [4.69, 9.17) is 14.9 Å². The molecule has 0 aromatic rings. The summed E-state index contributed by atoms with van der Waals surface area (Å²) < 4.78 is 5.63. The molecule has 0 aromatic heterocycles. The number of rotatable bonds is 6. The summed E-state index contributed by atoms with van der Waals surface area (Å²) in [6.07, 6.45) is 11.6. The normalized spacial score (nSPS) is 38.6. The highest BCUT2D eigenvalue weighted by molar-refractivity contribution is 5.83. The first-order valence-electron chi connectivity index (χ1n) is 13.2. The zero-order valence-corrected chi connectivity index (χ0v) is 21.8. The van der Waals surface area contributed by atoms with Gasteiger partial charge in [0.05, 0.1) is 12.2 Å². The van der Waals surface area contributed by atoms with E-state index in [0.717, 1.165) is 44.1 Å². The number of allylic oxidation sites excluding steroid dienone is 5. The summed E-state index contributed by atoms with van der Waals surface area (Å²) in [7, 11) is 0. The fourth-order valence-electron chi connectivity index (χ4n) is 7.54. The van der Waals surface area contributed by atoms with Crippen LogP contribution in [0.3, 0.4) is 0 Å². The summed E-state index contributed by atoms with van der Waals surface area (Å²) in [6, 6.07) is 0. The Kier molecular flexibility index (Phi) is 8.66. The number of carbonyl (C=O) groups excluding carboxylic acids is 1. The second-order valence-electron chi connectivity index (χ2n) is 11.7. The van der Waals surface area contributed by atoms with Crippen molar-refractivity contribution in [2.75, 3.05) is 6.61 Å². The van der Waals surface area contributed by atoms with Crippen LogP contribution in [0.4, 0.5) is 0 Å². The van der Waals surface area contributed by atoms with Crippen molar-refractivity contribution in [2.45, 2.75) is 98.1 Å². The molecule has 3 N–H and O–H groups in total. The number of fused-ring (bicyclic) bond motifs is 5. The molecule has 0 aromatic carbocycles. The van der Waals surface area contributed by atoms with Crippen LogP contribution in [0.1, 0.15) is 79.6 Å². The van der Waals surface area contributed by atoms with E-state index in [9.17, 15) is 9.90 Å². The molecular formula is C29H46O5. The van der Waals surface area contributed by atoms with Crippen LogP contribution in [0.15, 0.2) is 36.0 Å². The molecule has 0 saturated heterocycles. The third-order valence-corrected chi connectivity index (χ3v) is 9.08. The molecule has 0 amide bonds. The highest BCUT2D eigenvalue weighted by Crippen LogP contribution is 2.66. The first kappa shape index (κ1) is 27.3. The quantitative estimate of drug-likeness (QED) is 0.474. The number of ketones is 1. The van der Waals surface area contributed by atoms with Crippen molar-refractivity contribution in [1.82, 2.24) is 0 Å². The van der Waals surface area contributed by atoms with Gasteiger partial charge in [0.15, 0.2) is 12.1 Å². The minimum absolute atomic E-state index is 0.0262. The molecule has 0 aliphatic heterocycles. The third-order valence-electron chi connectivity index (χ3n) is 9.08. The SMILES string of the molecule is C=C1C=CC2(C)C(=C1)CCC1C2C(O)CC2(C)C(C(=O)COC(C)C)CCC12.CCCC(O)O. The van der Waals surface area contributed by atoms with Gasteiger partial charge in [0.1, 0.15) is 6.61 Å². The van der Waals surface area contributed by atoms with Crippen molar-refractivity contribution in [1.29, 1.82) is 0 Å². The van der Waals surface area contributed by atoms with Gasteiger partial charge in [-0.2, -0.15) is 0 Å². The molecule has 0 radical (unpaired) electrons. The fraction of sp³-hybridized carbons (Fsp3) is 0.759. The monoisotopic (exact) mass is 474 g/mol. The van der Waals surface area contributed by atoms with Gasteiger partial charge in [0, 0.05) is 17.3 Å². The molecule has 4 aliphatic rings. The molecule has 0 bridgehead atoms. The Bertz CT molecular complexity index is 811. The van der Waals surface area contributed by atoms with E-state index in [-0.39, 0.29) is 47.3 Å². The highest BCUT2D eigenvalue weighted by atomic mass is 16.5. The second kappa shape index (κ2) is 10.8. The minimum atomic E-state index is -1.10. The molecule has 5 heteroatoms. The summed E-state index contributed by atoms with van der Waals surface area (Å²) in [5.74, 6) is 1.51. The fourth-order valence-corrected chi connectivity index (χ4v) is 7.54. The number of ether oxygens (including phenoxy) is 1. The molecule has 7 unspecified atom stereocenters. The van der Waals surface area contributed by atoms with Crippen molar-refractivity contribution in [2.24, 2.45) is 34.5 Å². The predicted molar refractivity (Wildman–Crippen MR) is 135 cm³/mol. The Morgan fingerprint density at radius 2 is 1.94 bits per heavy atom. The zero-order chi connectivity index (χ0) is 25.3. The lowest BCUT2D eigenvalue weighted by Gasteiger charge is -2.58. The summed E-state index contributed by atoms with van der Waals surface area (Å²) in [6.45, 7) is 14.7. The molecule has 3 saturated carbocycles. The van der Waals surface area contributed by atoms with Crippen molar-refractivity contribution < 1.29 is 24.9 Å². The average molecular weight is 475 g/mol. The second-order valence-corrected chi connectivity index (χ2v) is 11.7. The van der Waals surface area contributed by atoms with Crippen LogP contribution in [-0.4, -0.2) is 46.2 Å². The minimum Gasteiger partial charge on any atom is -0.393 e. The number of hydrogen-bond acceptors (Lipinski definition) is 5. The van der Waals surface area contributed by atoms with E-state index in [2.05, 4.69) is 38.7 Å². The van der Waals surface area contributed by atoms with E-state index >= 15 is 0 Å². The topological polar surface area (TPSA) is 87.0 Å². The maximum absolute atomic E-state index is 13.0. The summed E-state index contributed by atoms with van der Waals surface area (Å²) in [4.78, 5) is 13.0. The molecule has 5 nitrogen and oxygen atoms in total. The van der Waals surface area contributed by atoms with E-state index in [1.165, 1.54) is 5.57 Å². The smallest absolute Gasteiger partial charge is 0.162 e. The van der Waals surface area contributed by atoms with Crippen LogP contribution in [0, 0.1) is 34.5 Å². The van der Waals surface area contributed by atoms with Gasteiger partial charge in [-0.25, -0.2) is 0 Å². The lowest BCUT2D eigenvalue weighted by atomic mass is 9.46. The maximum atomic E-state index is 13.0. The van der Waals surface area contributed by atoms with E-state index in [1.54, 1.807) is 0 Å². The molecule has 0 spiro atoms. The van der Waals surface area contributed by atoms with Gasteiger partial charge < -0.3 is 20.1 Å². The molecule has 4 rings (SSSR count). The van der Waals surface area contributed by atoms with Gasteiger partial charge in [-0.1, -0.05) is 57.6 Å². The highest BCUT2D eigenvalue weighted by Gasteiger charge is 2.62. The van der Waals surface area contributed by atoms with Crippen LogP contribution in [0.2, 0.25) is 0 Å². The van der Waals surface area contributed by atoms with Crippen LogP contribution >= 0.6 is 0 Å². The van der Waals surface area contributed by atoms with Crippen LogP contribution in [0.25, 0.3) is 0 Å². The van der Waals surface area contributed by atoms with Gasteiger partial charge in [-0.15, -0.1) is 0 Å². The number of aliphatic hydroxyl groups is 3. The van der Waals surface area contributed by atoms with Crippen molar-refractivity contribution in [3.63, 3.8) is 0 Å². The number of carbonyl (C=O) groups is 1. The first-order chi connectivity index (χ1) is 15.9. The molecule has 4 aliphatic carbocycles. The standard InChI is InChI=1S/C25H36O3.C4H10O2/c1-15(2)28-14-22(27)20-9-8-19-18-7-6-17-12-16(3)10-11-24(17,4)23(18)21(26)13-25(19,20)5;1-2-3-4(5)6/h10-12,15,18-21,23,26H,3,6-9,13-14H2,1-2,4-5H3;4-6H,2-3H2,1H3. The zero-order valence-electron chi connectivity index (χ0n) is 21.8. The molecule has 3 fully saturated rings. The van der Waals surface area contributed by atoms with Crippen LogP contribution in [-0.2, 0) is 9.53 Å². The summed E-state index contributed by atoms with van der Waals surface area (Å²) in [5, 5.41) is 27.6. The Balaban J connectivity index is 0.000000481. The number of hydrogen-bond donors (Lipinski definition) is 3. The van der Waals surface area contributed by atoms with E-state index in [1.807, 2.05) is 20.8 Å². The van der Waals surface area contributed by atoms with Crippen LogP contribution < -0.4 is 0 Å². The van der Waals surface area contributed by atoms with Crippen LogP contribution in [0.5, 0.6) is 0 Å². The Morgan fingerprint density at radius 3 is 2.53 bits per heavy atom. The third kappa shape index (κ3) is 5.28. The molecule has 192 valence electrons. The lowest BCUT2D eigenvalue weighted by Crippen LogP contribution is -2.56. The Labute approximate surface area is 206 Å². The van der Waals surface area contributed by atoms with Gasteiger partial charge in [0.25, 0.3) is 0 Å². The molecule has 34 heavy (non-hydrogen) atoms. The Hall–Kier alpha value is -1.27. The molecule has 7 atom stereocenters. The summed E-state index contributed by atoms with van der Waals surface area (Å²) in [5.41, 5.74) is 2.32. The van der Waals surface area contributed by atoms with Gasteiger partial charge in [0.2, 0.25) is 0 Å². The maximum Gasteiger partial charge on any atom is 0.162 e. The largest absolute Gasteiger partial charge is 0.393 e. The molecular weight excluding hydrogens is 428 g/mol. The Morgan fingerprint density at radius 1 is 1.24 bits per heavy atom. The predicted octanol–water partition coefficient (Wildman–Crippen LogP) is 4.96. The first-order valence-corrected chi connectivity index (χ1v) is 13.2. The van der Waals surface area contributed by atoms with Gasteiger partial charge in [-0.3, -0.25) is 4.79 Å². The van der Waals surface area contributed by atoms with E-state index in [0.29, 0.717) is 18.3 Å². The van der Waals surface area contributed by atoms with Crippen molar-refractivity contribution >= 4 is 5.78 Å². The van der Waals surface area contributed by atoms with Gasteiger partial charge in [-0.05, 0) is 75.2 Å².